The molecule has 156 valence electrons. The minimum absolute atomic E-state index is 0.0447. The highest BCUT2D eigenvalue weighted by Gasteiger charge is 2.18. The van der Waals surface area contributed by atoms with E-state index in [0.717, 1.165) is 16.7 Å². The number of nitrogens with one attached hydrogen (secondary N) is 1. The zero-order chi connectivity index (χ0) is 21.8. The minimum atomic E-state index is -0.230. The Morgan fingerprint density at radius 3 is 2.43 bits per heavy atom. The Bertz CT molecular complexity index is 1080. The maximum Gasteiger partial charge on any atom is 0.260 e. The fourth-order valence-corrected chi connectivity index (χ4v) is 3.08. The van der Waals surface area contributed by atoms with Crippen LogP contribution < -0.4 is 5.32 Å². The molecule has 6 nitrogen and oxygen atoms in total. The molecule has 0 aliphatic rings. The van der Waals surface area contributed by atoms with Crippen LogP contribution in [-0.2, 0) is 4.79 Å². The van der Waals surface area contributed by atoms with E-state index >= 15 is 0 Å². The third kappa shape index (κ3) is 4.82. The Balaban J connectivity index is 1.72. The molecule has 2 aromatic carbocycles. The minimum Gasteiger partial charge on any atom is -0.334 e. The molecule has 0 fully saturated rings. The number of aromatic nitrogens is 2. The Morgan fingerprint density at radius 1 is 1.00 bits per heavy atom. The van der Waals surface area contributed by atoms with Gasteiger partial charge < -0.3 is 9.84 Å². The van der Waals surface area contributed by atoms with E-state index in [4.69, 9.17) is 4.52 Å². The summed E-state index contributed by atoms with van der Waals surface area (Å²) in [5.41, 5.74) is 5.01. The summed E-state index contributed by atoms with van der Waals surface area (Å²) in [5, 5.41) is 6.93. The second-order valence-corrected chi connectivity index (χ2v) is 7.88. The van der Waals surface area contributed by atoms with Gasteiger partial charge in [0.1, 0.15) is 0 Å². The van der Waals surface area contributed by atoms with Crippen LogP contribution in [0.4, 0.5) is 5.69 Å². The van der Waals surface area contributed by atoms with Crippen LogP contribution in [-0.4, -0.2) is 21.8 Å². The van der Waals surface area contributed by atoms with Crippen molar-refractivity contribution in [1.82, 2.24) is 10.1 Å². The molecule has 0 radical (unpaired) electrons. The quantitative estimate of drug-likeness (QED) is 0.533. The first-order valence-corrected chi connectivity index (χ1v) is 10.1. The van der Waals surface area contributed by atoms with Crippen LogP contribution in [0.15, 0.2) is 40.9 Å². The summed E-state index contributed by atoms with van der Waals surface area (Å²) in [6.45, 7) is 9.85. The van der Waals surface area contributed by atoms with Crippen LogP contribution in [0, 0.1) is 20.8 Å². The van der Waals surface area contributed by atoms with Gasteiger partial charge >= 0.3 is 0 Å². The molecule has 1 amide bonds. The summed E-state index contributed by atoms with van der Waals surface area (Å²) in [7, 11) is 0. The first-order chi connectivity index (χ1) is 14.3. The van der Waals surface area contributed by atoms with Gasteiger partial charge in [-0.2, -0.15) is 4.98 Å². The van der Waals surface area contributed by atoms with E-state index in [1.165, 1.54) is 0 Å². The molecule has 1 N–H and O–H groups in total. The van der Waals surface area contributed by atoms with Crippen LogP contribution >= 0.6 is 0 Å². The molecule has 0 saturated carbocycles. The summed E-state index contributed by atoms with van der Waals surface area (Å²) >= 11 is 0. The van der Waals surface area contributed by atoms with Gasteiger partial charge in [-0.1, -0.05) is 43.3 Å². The van der Waals surface area contributed by atoms with Gasteiger partial charge in [-0.15, -0.1) is 0 Å². The first-order valence-electron chi connectivity index (χ1n) is 10.1. The third-order valence-electron chi connectivity index (χ3n) is 5.13. The maximum atomic E-state index is 12.6. The van der Waals surface area contributed by atoms with E-state index < -0.39 is 0 Å². The number of Topliss-reactive ketones (excluding diaryl/α,β-unsaturated/α-hetero) is 1. The van der Waals surface area contributed by atoms with Crippen molar-refractivity contribution in [1.29, 1.82) is 0 Å². The van der Waals surface area contributed by atoms with Crippen molar-refractivity contribution >= 4 is 17.4 Å². The smallest absolute Gasteiger partial charge is 0.260 e. The van der Waals surface area contributed by atoms with Crippen LogP contribution in [0.25, 0.3) is 11.5 Å². The average molecular weight is 405 g/mol. The second kappa shape index (κ2) is 9.03. The number of hydrogen-bond acceptors (Lipinski definition) is 5. The van der Waals surface area contributed by atoms with Gasteiger partial charge in [0.25, 0.3) is 5.89 Å². The van der Waals surface area contributed by atoms with Crippen molar-refractivity contribution in [3.05, 3.63) is 64.5 Å². The lowest BCUT2D eigenvalue weighted by molar-refractivity contribution is -0.116. The number of anilines is 1. The molecule has 0 aliphatic carbocycles. The number of hydrogen-bond donors (Lipinski definition) is 1. The van der Waals surface area contributed by atoms with Crippen molar-refractivity contribution in [3.8, 4) is 11.5 Å². The van der Waals surface area contributed by atoms with Gasteiger partial charge in [-0.05, 0) is 49.6 Å². The summed E-state index contributed by atoms with van der Waals surface area (Å²) in [6.07, 6.45) is 0.244. The zero-order valence-corrected chi connectivity index (χ0v) is 18.1. The zero-order valence-electron chi connectivity index (χ0n) is 18.1. The van der Waals surface area contributed by atoms with Crippen LogP contribution in [0.3, 0.4) is 0 Å². The molecule has 3 aromatic rings. The van der Waals surface area contributed by atoms with Crippen molar-refractivity contribution < 1.29 is 14.1 Å². The first kappa shape index (κ1) is 21.4. The molecule has 0 aliphatic heterocycles. The molecule has 0 atom stereocenters. The normalized spacial score (nSPS) is 11.0. The number of ketones is 1. The lowest BCUT2D eigenvalue weighted by Crippen LogP contribution is -2.15. The van der Waals surface area contributed by atoms with Gasteiger partial charge in [0.05, 0.1) is 11.3 Å². The van der Waals surface area contributed by atoms with Crippen molar-refractivity contribution in [2.24, 2.45) is 0 Å². The molecule has 3 rings (SSSR count). The molecule has 0 saturated heterocycles. The number of para-hydroxylation sites is 1. The van der Waals surface area contributed by atoms with E-state index in [1.807, 2.05) is 71.0 Å². The number of benzene rings is 2. The molecular formula is C24H27N3O3. The highest BCUT2D eigenvalue weighted by Crippen LogP contribution is 2.30. The van der Waals surface area contributed by atoms with Crippen molar-refractivity contribution in [3.63, 3.8) is 0 Å². The fourth-order valence-electron chi connectivity index (χ4n) is 3.08. The molecule has 1 heterocycles. The highest BCUT2D eigenvalue weighted by molar-refractivity contribution is 6.01. The molecule has 6 heteroatoms. The molecule has 1 aromatic heterocycles. The number of rotatable bonds is 7. The third-order valence-corrected chi connectivity index (χ3v) is 5.13. The highest BCUT2D eigenvalue weighted by atomic mass is 16.5. The number of carbonyl (C=O) groups excluding carboxylic acids is 2. The molecule has 0 bridgehead atoms. The van der Waals surface area contributed by atoms with Crippen LogP contribution in [0.5, 0.6) is 0 Å². The Kier molecular flexibility index (Phi) is 6.45. The molecule has 30 heavy (non-hydrogen) atoms. The summed E-state index contributed by atoms with van der Waals surface area (Å²) in [5.74, 6) is 0.844. The van der Waals surface area contributed by atoms with Crippen molar-refractivity contribution in [2.75, 3.05) is 5.32 Å². The summed E-state index contributed by atoms with van der Waals surface area (Å²) in [4.78, 5) is 29.5. The van der Waals surface area contributed by atoms with Gasteiger partial charge in [0.2, 0.25) is 5.91 Å². The molecule has 0 spiro atoms. The lowest BCUT2D eigenvalue weighted by Gasteiger charge is -2.12. The Morgan fingerprint density at radius 2 is 1.77 bits per heavy atom. The predicted octanol–water partition coefficient (Wildman–Crippen LogP) is 5.39. The number of carbonyl (C=O) groups is 2. The van der Waals surface area contributed by atoms with Gasteiger partial charge in [0.15, 0.2) is 11.6 Å². The van der Waals surface area contributed by atoms with E-state index in [-0.39, 0.29) is 30.4 Å². The lowest BCUT2D eigenvalue weighted by atomic mass is 10.0. The Hall–Kier alpha value is -3.28. The SMILES string of the molecule is Cc1ccc(C(=O)CCC(=O)Nc2c(C)cccc2-c2nc(C(C)C)no2)cc1C. The van der Waals surface area contributed by atoms with E-state index in [0.29, 0.717) is 28.5 Å². The molecule has 0 unspecified atom stereocenters. The monoisotopic (exact) mass is 405 g/mol. The Labute approximate surface area is 176 Å². The van der Waals surface area contributed by atoms with E-state index in [1.54, 1.807) is 0 Å². The topological polar surface area (TPSA) is 85.1 Å². The van der Waals surface area contributed by atoms with Gasteiger partial charge in [0, 0.05) is 24.3 Å². The summed E-state index contributed by atoms with van der Waals surface area (Å²) < 4.78 is 5.40. The number of nitrogens with zero attached hydrogens (tertiary/aromatic N) is 2. The average Bonchev–Trinajstić information content (AvgIpc) is 3.20. The number of amides is 1. The van der Waals surface area contributed by atoms with Gasteiger partial charge in [-0.25, -0.2) is 0 Å². The van der Waals surface area contributed by atoms with E-state index in [2.05, 4.69) is 15.5 Å². The fraction of sp³-hybridized carbons (Fsp3) is 0.333. The van der Waals surface area contributed by atoms with Crippen LogP contribution in [0.1, 0.15) is 65.5 Å². The largest absolute Gasteiger partial charge is 0.334 e. The summed E-state index contributed by atoms with van der Waals surface area (Å²) in [6, 6.07) is 11.2. The van der Waals surface area contributed by atoms with Crippen molar-refractivity contribution in [2.45, 2.75) is 53.4 Å². The van der Waals surface area contributed by atoms with E-state index in [9.17, 15) is 9.59 Å². The van der Waals surface area contributed by atoms with Crippen LogP contribution in [0.2, 0.25) is 0 Å². The maximum absolute atomic E-state index is 12.6. The van der Waals surface area contributed by atoms with Gasteiger partial charge in [-0.3, -0.25) is 9.59 Å². The standard InChI is InChI=1S/C24H27N3O3/c1-14(2)23-26-24(30-27-23)19-8-6-7-16(4)22(19)25-21(29)12-11-20(28)18-10-9-15(3)17(5)13-18/h6-10,13-14H,11-12H2,1-5H3,(H,25,29). The number of aryl methyl sites for hydroxylation is 3. The molecular weight excluding hydrogens is 378 g/mol. The second-order valence-electron chi connectivity index (χ2n) is 7.88. The predicted molar refractivity (Wildman–Crippen MR) is 117 cm³/mol.